The Labute approximate surface area is 190 Å². The van der Waals surface area contributed by atoms with Gasteiger partial charge in [-0.3, -0.25) is 14.3 Å². The van der Waals surface area contributed by atoms with Crippen LogP contribution in [0.2, 0.25) is 0 Å². The molecular weight excluding hydrogens is 448 g/mol. The lowest BCUT2D eigenvalue weighted by Crippen LogP contribution is -2.21. The third-order valence-corrected chi connectivity index (χ3v) is 6.16. The van der Waals surface area contributed by atoms with Crippen LogP contribution in [-0.4, -0.2) is 37.6 Å². The van der Waals surface area contributed by atoms with Crippen molar-refractivity contribution in [3.05, 3.63) is 78.4 Å². The van der Waals surface area contributed by atoms with Crippen molar-refractivity contribution in [1.29, 1.82) is 0 Å². The van der Waals surface area contributed by atoms with Crippen LogP contribution in [-0.2, 0) is 19.6 Å². The van der Waals surface area contributed by atoms with E-state index in [2.05, 4.69) is 10.0 Å². The van der Waals surface area contributed by atoms with Crippen LogP contribution in [0.4, 0.5) is 11.4 Å². The number of carboxylic acids is 1. The second kappa shape index (κ2) is 10.0. The van der Waals surface area contributed by atoms with E-state index in [1.165, 1.54) is 19.2 Å². The highest BCUT2D eigenvalue weighted by Gasteiger charge is 2.24. The number of methoxy groups -OCH3 is 1. The molecule has 0 aliphatic rings. The van der Waals surface area contributed by atoms with E-state index in [1.807, 2.05) is 0 Å². The summed E-state index contributed by atoms with van der Waals surface area (Å²) >= 11 is 0. The molecule has 3 aromatic carbocycles. The number of anilines is 2. The van der Waals surface area contributed by atoms with Crippen LogP contribution in [0.5, 0.6) is 11.5 Å². The number of carbonyl (C=O) groups is 2. The van der Waals surface area contributed by atoms with Crippen molar-refractivity contribution in [3.63, 3.8) is 0 Å². The summed E-state index contributed by atoms with van der Waals surface area (Å²) in [5, 5.41) is 22.0. The number of hydrogen-bond donors (Lipinski definition) is 4. The zero-order chi connectivity index (χ0) is 24.0. The summed E-state index contributed by atoms with van der Waals surface area (Å²) in [4.78, 5) is 23.9. The summed E-state index contributed by atoms with van der Waals surface area (Å²) in [7, 11) is -2.68. The Kier molecular flexibility index (Phi) is 7.19. The predicted molar refractivity (Wildman–Crippen MR) is 122 cm³/mol. The Morgan fingerprint density at radius 3 is 2.30 bits per heavy atom. The first-order valence-electron chi connectivity index (χ1n) is 9.77. The lowest BCUT2D eigenvalue weighted by molar-refractivity contribution is -0.140. The number of ether oxygens (including phenoxy) is 1. The van der Waals surface area contributed by atoms with Crippen molar-refractivity contribution in [1.82, 2.24) is 0 Å². The molecule has 3 aromatic rings. The third kappa shape index (κ3) is 5.80. The molecule has 1 atom stereocenters. The van der Waals surface area contributed by atoms with Crippen LogP contribution in [0, 0.1) is 0 Å². The van der Waals surface area contributed by atoms with E-state index in [9.17, 15) is 28.2 Å². The normalized spacial score (nSPS) is 11.9. The summed E-state index contributed by atoms with van der Waals surface area (Å²) < 4.78 is 33.2. The Balaban J connectivity index is 1.81. The van der Waals surface area contributed by atoms with Crippen molar-refractivity contribution >= 4 is 33.3 Å². The summed E-state index contributed by atoms with van der Waals surface area (Å²) in [5.41, 5.74) is 0.493. The van der Waals surface area contributed by atoms with Crippen molar-refractivity contribution in [2.45, 2.75) is 17.2 Å². The van der Waals surface area contributed by atoms with Gasteiger partial charge >= 0.3 is 5.97 Å². The fraction of sp³-hybridized carbons (Fsp3) is 0.130. The fourth-order valence-electron chi connectivity index (χ4n) is 3.13. The van der Waals surface area contributed by atoms with Gasteiger partial charge in [-0.2, -0.15) is 0 Å². The monoisotopic (exact) mass is 470 g/mol. The molecule has 4 N–H and O–H groups in total. The molecule has 0 spiro atoms. The van der Waals surface area contributed by atoms with Crippen LogP contribution in [0.25, 0.3) is 0 Å². The summed E-state index contributed by atoms with van der Waals surface area (Å²) in [5.74, 6) is -3.04. The molecule has 0 radical (unpaired) electrons. The van der Waals surface area contributed by atoms with Gasteiger partial charge in [0, 0.05) is 6.42 Å². The summed E-state index contributed by atoms with van der Waals surface area (Å²) in [6.45, 7) is 0. The molecule has 0 heterocycles. The summed E-state index contributed by atoms with van der Waals surface area (Å²) in [6.07, 6.45) is -0.408. The molecule has 0 saturated heterocycles. The van der Waals surface area contributed by atoms with Gasteiger partial charge < -0.3 is 20.3 Å². The Bertz CT molecular complexity index is 1260. The molecule has 10 heteroatoms. The number of para-hydroxylation sites is 2. The number of phenols is 1. The van der Waals surface area contributed by atoms with Crippen molar-refractivity contribution < 1.29 is 33.0 Å². The zero-order valence-electron chi connectivity index (χ0n) is 17.6. The average molecular weight is 471 g/mol. The van der Waals surface area contributed by atoms with E-state index in [0.29, 0.717) is 11.3 Å². The second-order valence-electron chi connectivity index (χ2n) is 7.04. The van der Waals surface area contributed by atoms with E-state index >= 15 is 0 Å². The Hall–Kier alpha value is -4.05. The van der Waals surface area contributed by atoms with Crippen LogP contribution in [0.15, 0.2) is 77.7 Å². The minimum absolute atomic E-state index is 0.167. The number of carbonyl (C=O) groups excluding carboxylic acids is 1. The van der Waals surface area contributed by atoms with Gasteiger partial charge in [-0.05, 0) is 35.9 Å². The number of amides is 1. The van der Waals surface area contributed by atoms with Gasteiger partial charge in [-0.1, -0.05) is 42.5 Å². The number of carboxylic acid groups (broad SMARTS) is 1. The lowest BCUT2D eigenvalue weighted by Gasteiger charge is -2.15. The molecule has 0 aliphatic carbocycles. The molecular formula is C23H22N2O7S. The van der Waals surface area contributed by atoms with E-state index in [1.54, 1.807) is 48.5 Å². The number of phenolic OH excluding ortho intramolecular Hbond substituents is 1. The molecule has 0 aromatic heterocycles. The SMILES string of the molecule is COc1ccccc1NS(=O)(=O)c1ccc(O)c(NC(=O)CC(C(=O)O)c2ccccc2)c1. The maximum atomic E-state index is 12.8. The second-order valence-corrected chi connectivity index (χ2v) is 8.72. The van der Waals surface area contributed by atoms with Crippen LogP contribution < -0.4 is 14.8 Å². The topological polar surface area (TPSA) is 142 Å². The van der Waals surface area contributed by atoms with Gasteiger partial charge in [0.1, 0.15) is 11.5 Å². The highest BCUT2D eigenvalue weighted by atomic mass is 32.2. The van der Waals surface area contributed by atoms with Gasteiger partial charge in [-0.25, -0.2) is 8.42 Å². The molecule has 0 fully saturated rings. The molecule has 0 saturated carbocycles. The van der Waals surface area contributed by atoms with Gasteiger partial charge in [0.25, 0.3) is 10.0 Å². The molecule has 9 nitrogen and oxygen atoms in total. The number of rotatable bonds is 9. The number of sulfonamides is 1. The first-order chi connectivity index (χ1) is 15.7. The highest BCUT2D eigenvalue weighted by molar-refractivity contribution is 7.92. The molecule has 3 rings (SSSR count). The number of benzene rings is 3. The first-order valence-corrected chi connectivity index (χ1v) is 11.3. The van der Waals surface area contributed by atoms with Crippen molar-refractivity contribution in [2.24, 2.45) is 0 Å². The Morgan fingerprint density at radius 1 is 0.970 bits per heavy atom. The smallest absolute Gasteiger partial charge is 0.311 e. The average Bonchev–Trinajstić information content (AvgIpc) is 2.79. The first kappa shape index (κ1) is 23.6. The number of nitrogens with one attached hydrogen (secondary N) is 2. The van der Waals surface area contributed by atoms with E-state index in [-0.39, 0.29) is 22.0 Å². The molecule has 0 bridgehead atoms. The quantitative estimate of drug-likeness (QED) is 0.351. The minimum Gasteiger partial charge on any atom is -0.506 e. The highest BCUT2D eigenvalue weighted by Crippen LogP contribution is 2.30. The van der Waals surface area contributed by atoms with Crippen LogP contribution in [0.3, 0.4) is 0 Å². The van der Waals surface area contributed by atoms with E-state index in [4.69, 9.17) is 4.74 Å². The number of aliphatic carboxylic acids is 1. The number of aromatic hydroxyl groups is 1. The van der Waals surface area contributed by atoms with Crippen molar-refractivity contribution in [3.8, 4) is 11.5 Å². The molecule has 1 unspecified atom stereocenters. The maximum Gasteiger partial charge on any atom is 0.311 e. The minimum atomic E-state index is -4.09. The van der Waals surface area contributed by atoms with Crippen LogP contribution >= 0.6 is 0 Å². The molecule has 33 heavy (non-hydrogen) atoms. The third-order valence-electron chi connectivity index (χ3n) is 4.79. The van der Waals surface area contributed by atoms with Gasteiger partial charge in [-0.15, -0.1) is 0 Å². The van der Waals surface area contributed by atoms with Gasteiger partial charge in [0.15, 0.2) is 0 Å². The van der Waals surface area contributed by atoms with Gasteiger partial charge in [0.2, 0.25) is 5.91 Å². The number of hydrogen-bond acceptors (Lipinski definition) is 6. The maximum absolute atomic E-state index is 12.8. The van der Waals surface area contributed by atoms with Crippen molar-refractivity contribution in [2.75, 3.05) is 17.1 Å². The zero-order valence-corrected chi connectivity index (χ0v) is 18.4. The lowest BCUT2D eigenvalue weighted by atomic mass is 9.95. The predicted octanol–water partition coefficient (Wildman–Crippen LogP) is 3.40. The fourth-order valence-corrected chi connectivity index (χ4v) is 4.23. The summed E-state index contributed by atoms with van der Waals surface area (Å²) in [6, 6.07) is 18.1. The van der Waals surface area contributed by atoms with E-state index < -0.39 is 34.2 Å². The van der Waals surface area contributed by atoms with E-state index in [0.717, 1.165) is 12.1 Å². The molecule has 1 amide bonds. The largest absolute Gasteiger partial charge is 0.506 e. The molecule has 172 valence electrons. The van der Waals surface area contributed by atoms with Crippen LogP contribution in [0.1, 0.15) is 17.9 Å². The Morgan fingerprint density at radius 2 is 1.64 bits per heavy atom. The standard InChI is InChI=1S/C23H22N2O7S/c1-32-21-10-6-5-9-18(21)25-33(30,31)16-11-12-20(26)19(13-16)24-22(27)14-17(23(28)29)15-7-3-2-4-8-15/h2-13,17,25-26H,14H2,1H3,(H,24,27)(H,28,29). The van der Waals surface area contributed by atoms with Gasteiger partial charge in [0.05, 0.1) is 29.3 Å². The molecule has 0 aliphatic heterocycles.